The number of anilines is 1. The third-order valence-electron chi connectivity index (χ3n) is 5.83. The highest BCUT2D eigenvalue weighted by Gasteiger charge is 2.42. The van der Waals surface area contributed by atoms with E-state index in [4.69, 9.17) is 0 Å². The monoisotopic (exact) mass is 466 g/mol. The summed E-state index contributed by atoms with van der Waals surface area (Å²) in [5.41, 5.74) is -2.28. The van der Waals surface area contributed by atoms with Crippen LogP contribution in [0.4, 0.5) is 23.2 Å². The minimum Gasteiger partial charge on any atom is -0.380 e. The number of likely N-dealkylation sites (tertiary alicyclic amines) is 1. The fourth-order valence-corrected chi connectivity index (χ4v) is 3.72. The summed E-state index contributed by atoms with van der Waals surface area (Å²) < 4.78 is 53.1. The number of aliphatic hydroxyl groups is 1. The lowest BCUT2D eigenvalue weighted by Gasteiger charge is -2.37. The van der Waals surface area contributed by atoms with Crippen molar-refractivity contribution in [2.24, 2.45) is 0 Å². The molecule has 0 aliphatic carbocycles. The largest absolute Gasteiger partial charge is 0.417 e. The molecule has 2 aromatic rings. The molecular formula is C24H26F4N2O3. The van der Waals surface area contributed by atoms with Crippen molar-refractivity contribution in [2.75, 3.05) is 18.4 Å². The van der Waals surface area contributed by atoms with Crippen LogP contribution in [-0.4, -0.2) is 40.5 Å². The highest BCUT2D eigenvalue weighted by atomic mass is 19.4. The number of amides is 2. The minimum absolute atomic E-state index is 0.0589. The first kappa shape index (κ1) is 24.7. The number of rotatable bonds is 3. The molecule has 5 nitrogen and oxygen atoms in total. The second-order valence-corrected chi connectivity index (χ2v) is 9.29. The molecule has 1 heterocycles. The number of piperidine rings is 1. The number of halogens is 4. The fourth-order valence-electron chi connectivity index (χ4n) is 3.72. The minimum atomic E-state index is -4.90. The first-order valence-electron chi connectivity index (χ1n) is 10.5. The maximum absolute atomic E-state index is 13.3. The number of nitrogens with one attached hydrogen (secondary N) is 1. The van der Waals surface area contributed by atoms with Gasteiger partial charge in [-0.25, -0.2) is 4.39 Å². The summed E-state index contributed by atoms with van der Waals surface area (Å²) >= 11 is 0. The van der Waals surface area contributed by atoms with Crippen LogP contribution in [0.15, 0.2) is 42.5 Å². The molecule has 178 valence electrons. The Morgan fingerprint density at radius 1 is 1.00 bits per heavy atom. The van der Waals surface area contributed by atoms with E-state index in [1.807, 2.05) is 12.1 Å². The lowest BCUT2D eigenvalue weighted by Crippen LogP contribution is -2.53. The Morgan fingerprint density at radius 2 is 1.58 bits per heavy atom. The van der Waals surface area contributed by atoms with E-state index >= 15 is 0 Å². The van der Waals surface area contributed by atoms with Crippen molar-refractivity contribution in [3.8, 4) is 0 Å². The van der Waals surface area contributed by atoms with Crippen molar-refractivity contribution < 1.29 is 32.3 Å². The summed E-state index contributed by atoms with van der Waals surface area (Å²) in [5, 5.41) is 13.5. The van der Waals surface area contributed by atoms with Crippen molar-refractivity contribution in [3.63, 3.8) is 0 Å². The number of benzene rings is 2. The summed E-state index contributed by atoms with van der Waals surface area (Å²) in [6, 6.07) is 9.09. The quantitative estimate of drug-likeness (QED) is 0.642. The summed E-state index contributed by atoms with van der Waals surface area (Å²) in [6.07, 6.45) is -5.19. The zero-order valence-electron chi connectivity index (χ0n) is 18.6. The second kappa shape index (κ2) is 8.78. The van der Waals surface area contributed by atoms with Crippen LogP contribution < -0.4 is 5.32 Å². The van der Waals surface area contributed by atoms with Crippen LogP contribution in [0.2, 0.25) is 0 Å². The molecule has 0 spiro atoms. The smallest absolute Gasteiger partial charge is 0.380 e. The number of carbonyl (C=O) groups excluding carboxylic acids is 2. The molecular weight excluding hydrogens is 440 g/mol. The molecule has 1 fully saturated rings. The number of hydrogen-bond donors (Lipinski definition) is 2. The molecule has 2 N–H and O–H groups in total. The normalized spacial score (nSPS) is 16.4. The molecule has 0 bridgehead atoms. The maximum Gasteiger partial charge on any atom is 0.417 e. The highest BCUT2D eigenvalue weighted by molar-refractivity contribution is 5.98. The van der Waals surface area contributed by atoms with Gasteiger partial charge >= 0.3 is 6.18 Å². The van der Waals surface area contributed by atoms with E-state index in [2.05, 4.69) is 26.1 Å². The first-order chi connectivity index (χ1) is 15.2. The topological polar surface area (TPSA) is 69.6 Å². The number of hydrogen-bond acceptors (Lipinski definition) is 3. The molecule has 0 atom stereocenters. The molecule has 0 unspecified atom stereocenters. The van der Waals surface area contributed by atoms with E-state index in [0.29, 0.717) is 5.69 Å². The van der Waals surface area contributed by atoms with E-state index in [-0.39, 0.29) is 37.4 Å². The Kier molecular flexibility index (Phi) is 6.57. The molecule has 0 aromatic heterocycles. The fraction of sp³-hybridized carbons (Fsp3) is 0.417. The van der Waals surface area contributed by atoms with Crippen LogP contribution in [0.5, 0.6) is 0 Å². The van der Waals surface area contributed by atoms with Crippen molar-refractivity contribution in [2.45, 2.75) is 50.8 Å². The predicted molar refractivity (Wildman–Crippen MR) is 115 cm³/mol. The van der Waals surface area contributed by atoms with Gasteiger partial charge in [0, 0.05) is 31.6 Å². The van der Waals surface area contributed by atoms with E-state index in [9.17, 15) is 32.3 Å². The molecule has 1 aliphatic heterocycles. The molecule has 0 saturated carbocycles. The standard InChI is InChI=1S/C24H26F4N2O3/c1-22(2,3)15-4-7-17(8-5-15)29-21(32)23(33)10-12-30(13-11-23)20(31)18-9-6-16(25)14-19(18)24(26,27)28/h4-9,14,33H,10-13H2,1-3H3,(H,29,32). The van der Waals surface area contributed by atoms with E-state index in [1.54, 1.807) is 12.1 Å². The van der Waals surface area contributed by atoms with Gasteiger partial charge in [0.1, 0.15) is 11.4 Å². The number of nitrogens with zero attached hydrogens (tertiary/aromatic N) is 1. The van der Waals surface area contributed by atoms with E-state index in [0.717, 1.165) is 22.6 Å². The molecule has 0 radical (unpaired) electrons. The van der Waals surface area contributed by atoms with Gasteiger partial charge in [-0.15, -0.1) is 0 Å². The summed E-state index contributed by atoms with van der Waals surface area (Å²) in [5.74, 6) is -2.67. The number of carbonyl (C=O) groups is 2. The van der Waals surface area contributed by atoms with Crippen LogP contribution in [0.25, 0.3) is 0 Å². The average Bonchev–Trinajstić information content (AvgIpc) is 2.73. The van der Waals surface area contributed by atoms with Crippen LogP contribution in [0.1, 0.15) is 55.1 Å². The summed E-state index contributed by atoms with van der Waals surface area (Å²) in [7, 11) is 0. The van der Waals surface area contributed by atoms with Crippen molar-refractivity contribution in [1.29, 1.82) is 0 Å². The van der Waals surface area contributed by atoms with E-state index < -0.39 is 40.5 Å². The lowest BCUT2D eigenvalue weighted by molar-refractivity contribution is -0.138. The van der Waals surface area contributed by atoms with Gasteiger partial charge in [0.15, 0.2) is 0 Å². The van der Waals surface area contributed by atoms with E-state index in [1.165, 1.54) is 0 Å². The van der Waals surface area contributed by atoms with Crippen molar-refractivity contribution >= 4 is 17.5 Å². The average molecular weight is 466 g/mol. The molecule has 1 aliphatic rings. The maximum atomic E-state index is 13.3. The summed E-state index contributed by atoms with van der Waals surface area (Å²) in [4.78, 5) is 26.5. The Bertz CT molecular complexity index is 1040. The van der Waals surface area contributed by atoms with Crippen molar-refractivity contribution in [1.82, 2.24) is 4.90 Å². The first-order valence-corrected chi connectivity index (χ1v) is 10.5. The Balaban J connectivity index is 1.67. The van der Waals surface area contributed by atoms with Gasteiger partial charge in [-0.05, 0) is 41.3 Å². The Morgan fingerprint density at radius 3 is 2.09 bits per heavy atom. The third-order valence-corrected chi connectivity index (χ3v) is 5.83. The second-order valence-electron chi connectivity index (χ2n) is 9.29. The highest BCUT2D eigenvalue weighted by Crippen LogP contribution is 2.34. The van der Waals surface area contributed by atoms with Crippen molar-refractivity contribution in [3.05, 3.63) is 65.0 Å². The SMILES string of the molecule is CC(C)(C)c1ccc(NC(=O)C2(O)CCN(C(=O)c3ccc(F)cc3C(F)(F)F)CC2)cc1. The molecule has 2 amide bonds. The van der Waals surface area contributed by atoms with Gasteiger partial charge in [-0.3, -0.25) is 9.59 Å². The van der Waals surface area contributed by atoms with Gasteiger partial charge in [-0.2, -0.15) is 13.2 Å². The predicted octanol–water partition coefficient (Wildman–Crippen LogP) is 4.75. The molecule has 1 saturated heterocycles. The lowest BCUT2D eigenvalue weighted by atomic mass is 9.87. The van der Waals surface area contributed by atoms with Gasteiger partial charge in [0.2, 0.25) is 0 Å². The molecule has 2 aromatic carbocycles. The van der Waals surface area contributed by atoms with Crippen LogP contribution in [0.3, 0.4) is 0 Å². The Hall–Kier alpha value is -2.94. The molecule has 3 rings (SSSR count). The van der Waals surface area contributed by atoms with Crippen LogP contribution >= 0.6 is 0 Å². The Labute approximate surface area is 189 Å². The summed E-state index contributed by atoms with van der Waals surface area (Å²) in [6.45, 7) is 5.92. The van der Waals surface area contributed by atoms with Gasteiger partial charge in [0.05, 0.1) is 11.1 Å². The third kappa shape index (κ3) is 5.52. The number of alkyl halides is 3. The zero-order valence-corrected chi connectivity index (χ0v) is 18.6. The van der Waals surface area contributed by atoms with Gasteiger partial charge < -0.3 is 15.3 Å². The van der Waals surface area contributed by atoms with Gasteiger partial charge in [0.25, 0.3) is 11.8 Å². The van der Waals surface area contributed by atoms with Crippen LogP contribution in [-0.2, 0) is 16.4 Å². The zero-order chi connectivity index (χ0) is 24.6. The molecule has 33 heavy (non-hydrogen) atoms. The van der Waals surface area contributed by atoms with Gasteiger partial charge in [-0.1, -0.05) is 32.9 Å². The van der Waals surface area contributed by atoms with Crippen LogP contribution in [0, 0.1) is 5.82 Å². The molecule has 9 heteroatoms.